The van der Waals surface area contributed by atoms with Crippen LogP contribution in [0.5, 0.6) is 0 Å². The van der Waals surface area contributed by atoms with Gasteiger partial charge in [0, 0.05) is 38.6 Å². The Balaban J connectivity index is 1.33. The summed E-state index contributed by atoms with van der Waals surface area (Å²) in [6.45, 7) is 1.12. The Labute approximate surface area is 206 Å². The molecule has 0 N–H and O–H groups in total. The van der Waals surface area contributed by atoms with Gasteiger partial charge < -0.3 is 9.80 Å². The fourth-order valence-corrected chi connectivity index (χ4v) is 5.58. The fourth-order valence-electron chi connectivity index (χ4n) is 4.87. The van der Waals surface area contributed by atoms with Gasteiger partial charge in [0.05, 0.1) is 11.1 Å². The van der Waals surface area contributed by atoms with Crippen LogP contribution in [0.2, 0.25) is 0 Å². The Kier molecular flexibility index (Phi) is 6.59. The van der Waals surface area contributed by atoms with Gasteiger partial charge in [-0.3, -0.25) is 9.59 Å². The van der Waals surface area contributed by atoms with E-state index in [1.807, 2.05) is 28.5 Å². The molecule has 0 saturated carbocycles. The highest BCUT2D eigenvalue weighted by Gasteiger charge is 2.34. The van der Waals surface area contributed by atoms with Crippen molar-refractivity contribution in [2.45, 2.75) is 25.3 Å². The third-order valence-corrected chi connectivity index (χ3v) is 7.68. The molecular formula is C26H26FN5O2S. The lowest BCUT2D eigenvalue weighted by Crippen LogP contribution is -2.48. The minimum absolute atomic E-state index is 0.0581. The van der Waals surface area contributed by atoms with Gasteiger partial charge in [-0.1, -0.05) is 24.3 Å². The first-order valence-corrected chi connectivity index (χ1v) is 12.5. The summed E-state index contributed by atoms with van der Waals surface area (Å²) in [5.74, 6) is -0.277. The number of piperidine rings is 1. The molecule has 1 aliphatic rings. The molecule has 3 aromatic heterocycles. The third kappa shape index (κ3) is 4.68. The molecule has 0 unspecified atom stereocenters. The summed E-state index contributed by atoms with van der Waals surface area (Å²) in [5, 5.41) is 6.11. The zero-order chi connectivity index (χ0) is 24.4. The molecule has 4 aromatic rings. The van der Waals surface area contributed by atoms with Gasteiger partial charge in [0.2, 0.25) is 0 Å². The van der Waals surface area contributed by atoms with Gasteiger partial charge in [0.25, 0.3) is 11.8 Å². The van der Waals surface area contributed by atoms with Crippen LogP contribution < -0.4 is 0 Å². The highest BCUT2D eigenvalue weighted by Crippen LogP contribution is 2.29. The average molecular weight is 492 g/mol. The number of halogens is 1. The number of benzene rings is 1. The summed E-state index contributed by atoms with van der Waals surface area (Å²) in [5.41, 5.74) is 1.62. The second-order valence-corrected chi connectivity index (χ2v) is 9.78. The number of carbonyl (C=O) groups excluding carboxylic acids is 2. The smallest absolute Gasteiger partial charge is 0.263 e. The average Bonchev–Trinajstić information content (AvgIpc) is 3.58. The van der Waals surface area contributed by atoms with Crippen molar-refractivity contribution in [1.29, 1.82) is 0 Å². The van der Waals surface area contributed by atoms with Crippen LogP contribution in [0.4, 0.5) is 4.39 Å². The summed E-state index contributed by atoms with van der Waals surface area (Å²) in [6, 6.07) is 12.0. The van der Waals surface area contributed by atoms with E-state index < -0.39 is 0 Å². The molecule has 35 heavy (non-hydrogen) atoms. The van der Waals surface area contributed by atoms with Crippen molar-refractivity contribution < 1.29 is 14.0 Å². The molecule has 1 fully saturated rings. The quantitative estimate of drug-likeness (QED) is 0.406. The van der Waals surface area contributed by atoms with Crippen molar-refractivity contribution >= 4 is 28.8 Å². The molecule has 1 atom stereocenters. The first-order valence-electron chi connectivity index (χ1n) is 11.6. The van der Waals surface area contributed by atoms with Gasteiger partial charge in [-0.15, -0.1) is 11.3 Å². The van der Waals surface area contributed by atoms with Gasteiger partial charge in [-0.2, -0.15) is 5.10 Å². The summed E-state index contributed by atoms with van der Waals surface area (Å²) < 4.78 is 16.1. The van der Waals surface area contributed by atoms with Crippen LogP contribution in [0.25, 0.3) is 5.65 Å². The van der Waals surface area contributed by atoms with E-state index in [1.54, 1.807) is 53.3 Å². The van der Waals surface area contributed by atoms with Crippen LogP contribution in [0.3, 0.4) is 0 Å². The van der Waals surface area contributed by atoms with Crippen molar-refractivity contribution in [2.24, 2.45) is 5.92 Å². The van der Waals surface area contributed by atoms with E-state index in [1.165, 1.54) is 17.4 Å². The van der Waals surface area contributed by atoms with Crippen molar-refractivity contribution in [3.8, 4) is 0 Å². The van der Waals surface area contributed by atoms with E-state index in [0.717, 1.165) is 12.8 Å². The van der Waals surface area contributed by atoms with Gasteiger partial charge in [0.1, 0.15) is 11.4 Å². The van der Waals surface area contributed by atoms with Gasteiger partial charge >= 0.3 is 0 Å². The predicted octanol–water partition coefficient (Wildman–Crippen LogP) is 4.17. The summed E-state index contributed by atoms with van der Waals surface area (Å²) in [6.07, 6.45) is 6.84. The molecule has 0 spiro atoms. The third-order valence-electron chi connectivity index (χ3n) is 6.82. The molecule has 9 heteroatoms. The lowest BCUT2D eigenvalue weighted by Gasteiger charge is -2.40. The number of aromatic nitrogens is 3. The summed E-state index contributed by atoms with van der Waals surface area (Å²) in [7, 11) is 1.80. The van der Waals surface area contributed by atoms with E-state index in [0.29, 0.717) is 41.2 Å². The fraction of sp³-hybridized carbons (Fsp3) is 0.308. The highest BCUT2D eigenvalue weighted by molar-refractivity contribution is 7.12. The first kappa shape index (κ1) is 23.2. The lowest BCUT2D eigenvalue weighted by atomic mass is 9.84. The highest BCUT2D eigenvalue weighted by atomic mass is 32.1. The van der Waals surface area contributed by atoms with Crippen molar-refractivity contribution in [2.75, 3.05) is 20.1 Å². The lowest BCUT2D eigenvalue weighted by molar-refractivity contribution is 0.0524. The Morgan fingerprint density at radius 2 is 1.97 bits per heavy atom. The second kappa shape index (κ2) is 9.95. The van der Waals surface area contributed by atoms with Crippen LogP contribution in [-0.2, 0) is 6.42 Å². The maximum absolute atomic E-state index is 14.5. The Hall–Kier alpha value is -3.59. The topological polar surface area (TPSA) is 70.8 Å². The number of fused-ring (bicyclic) bond motifs is 1. The number of likely N-dealkylation sites (N-methyl/N-ethyl adjacent to an activating group) is 1. The van der Waals surface area contributed by atoms with Gasteiger partial charge in [-0.05, 0) is 54.3 Å². The van der Waals surface area contributed by atoms with Gasteiger partial charge in [0.15, 0.2) is 5.65 Å². The molecule has 0 aliphatic carbocycles. The van der Waals surface area contributed by atoms with Crippen molar-refractivity contribution in [1.82, 2.24) is 24.4 Å². The molecule has 1 aromatic carbocycles. The Morgan fingerprint density at radius 1 is 1.17 bits per heavy atom. The monoisotopic (exact) mass is 491 g/mol. The Morgan fingerprint density at radius 3 is 2.71 bits per heavy atom. The minimum Gasteiger partial charge on any atom is -0.338 e. The molecular weight excluding hydrogens is 465 g/mol. The SMILES string of the molecule is CN(C(=O)c1cccs1)[C@H](Cc1ccccc1F)C1CCN(C(=O)c2cnn3cccnc23)CC1. The predicted molar refractivity (Wildman–Crippen MR) is 132 cm³/mol. The molecule has 2 amide bonds. The standard InChI is InChI=1S/C26H26FN5O2S/c1-30(26(34)23-8-4-15-35-23)22(16-19-6-2-3-7-21(19)27)18-9-13-31(14-10-18)25(33)20-17-29-32-12-5-11-28-24(20)32/h2-8,11-12,15,17-18,22H,9-10,13-14,16H2,1H3/t22-/m1/s1. The van der Waals surface area contributed by atoms with E-state index >= 15 is 0 Å². The maximum Gasteiger partial charge on any atom is 0.263 e. The zero-order valence-corrected chi connectivity index (χ0v) is 20.2. The number of thiophene rings is 1. The molecule has 1 aliphatic heterocycles. The van der Waals surface area contributed by atoms with E-state index in [4.69, 9.17) is 0 Å². The largest absolute Gasteiger partial charge is 0.338 e. The number of nitrogens with zero attached hydrogens (tertiary/aromatic N) is 5. The summed E-state index contributed by atoms with van der Waals surface area (Å²) >= 11 is 1.40. The minimum atomic E-state index is -0.261. The van der Waals surface area contributed by atoms with E-state index in [-0.39, 0.29) is 29.6 Å². The summed E-state index contributed by atoms with van der Waals surface area (Å²) in [4.78, 5) is 34.9. The number of rotatable bonds is 6. The normalized spacial score (nSPS) is 15.3. The second-order valence-electron chi connectivity index (χ2n) is 8.83. The van der Waals surface area contributed by atoms with Crippen LogP contribution in [-0.4, -0.2) is 62.4 Å². The molecule has 1 saturated heterocycles. The maximum atomic E-state index is 14.5. The zero-order valence-electron chi connectivity index (χ0n) is 19.4. The molecule has 7 nitrogen and oxygen atoms in total. The number of amides is 2. The number of carbonyl (C=O) groups is 2. The van der Waals surface area contributed by atoms with E-state index in [2.05, 4.69) is 10.1 Å². The molecule has 5 rings (SSSR count). The number of likely N-dealkylation sites (tertiary alicyclic amines) is 1. The molecule has 180 valence electrons. The van der Waals surface area contributed by atoms with Crippen LogP contribution in [0.15, 0.2) is 66.4 Å². The number of hydrogen-bond donors (Lipinski definition) is 0. The van der Waals surface area contributed by atoms with Crippen molar-refractivity contribution in [3.63, 3.8) is 0 Å². The van der Waals surface area contributed by atoms with Crippen LogP contribution in [0.1, 0.15) is 38.4 Å². The van der Waals surface area contributed by atoms with Crippen molar-refractivity contribution in [3.05, 3.63) is 88.3 Å². The molecule has 4 heterocycles. The van der Waals surface area contributed by atoms with Crippen LogP contribution in [0, 0.1) is 11.7 Å². The first-order chi connectivity index (χ1) is 17.0. The number of hydrogen-bond acceptors (Lipinski definition) is 5. The molecule has 0 bridgehead atoms. The van der Waals surface area contributed by atoms with Gasteiger partial charge in [-0.25, -0.2) is 13.9 Å². The van der Waals surface area contributed by atoms with Crippen LogP contribution >= 0.6 is 11.3 Å². The van der Waals surface area contributed by atoms with E-state index in [9.17, 15) is 14.0 Å². The molecule has 0 radical (unpaired) electrons. The Bertz CT molecular complexity index is 1330.